The molecule has 1 N–H and O–H groups in total. The summed E-state index contributed by atoms with van der Waals surface area (Å²) in [5.74, 6) is -3.92. The first-order chi connectivity index (χ1) is 18.1. The van der Waals surface area contributed by atoms with Gasteiger partial charge in [0.1, 0.15) is 30.1 Å². The van der Waals surface area contributed by atoms with Crippen molar-refractivity contribution in [1.29, 1.82) is 0 Å². The molecular formula is C28H26F2N2O6. The number of halogens is 2. The summed E-state index contributed by atoms with van der Waals surface area (Å²) in [4.78, 5) is 52.3. The zero-order chi connectivity index (χ0) is 27.8. The molecule has 0 radical (unpaired) electrons. The summed E-state index contributed by atoms with van der Waals surface area (Å²) in [7, 11) is 0. The van der Waals surface area contributed by atoms with E-state index in [0.29, 0.717) is 17.4 Å². The average Bonchev–Trinajstić information content (AvgIpc) is 2.87. The van der Waals surface area contributed by atoms with Gasteiger partial charge in [-0.25, -0.2) is 18.6 Å². The highest BCUT2D eigenvalue weighted by molar-refractivity contribution is 5.98. The summed E-state index contributed by atoms with van der Waals surface area (Å²) in [5.41, 5.74) is 1.28. The number of amides is 1. The van der Waals surface area contributed by atoms with E-state index in [2.05, 4.69) is 10.3 Å². The predicted octanol–water partition coefficient (Wildman–Crippen LogP) is 3.91. The maximum absolute atomic E-state index is 13.5. The fourth-order valence-electron chi connectivity index (χ4n) is 3.91. The van der Waals surface area contributed by atoms with Crippen LogP contribution in [-0.4, -0.2) is 41.3 Å². The van der Waals surface area contributed by atoms with Gasteiger partial charge >= 0.3 is 11.9 Å². The van der Waals surface area contributed by atoms with Crippen molar-refractivity contribution in [2.45, 2.75) is 45.3 Å². The number of hydrogen-bond acceptors (Lipinski definition) is 7. The second kappa shape index (κ2) is 12.7. The quantitative estimate of drug-likeness (QED) is 0.316. The van der Waals surface area contributed by atoms with Gasteiger partial charge in [-0.1, -0.05) is 24.3 Å². The Morgan fingerprint density at radius 2 is 1.50 bits per heavy atom. The van der Waals surface area contributed by atoms with Gasteiger partial charge < -0.3 is 19.6 Å². The van der Waals surface area contributed by atoms with E-state index in [0.717, 1.165) is 6.92 Å². The van der Waals surface area contributed by atoms with E-state index < -0.39 is 47.5 Å². The molecule has 198 valence electrons. The van der Waals surface area contributed by atoms with Gasteiger partial charge in [-0.05, 0) is 55.3 Å². The molecule has 0 bridgehead atoms. The van der Waals surface area contributed by atoms with Gasteiger partial charge in [0.15, 0.2) is 11.4 Å². The third kappa shape index (κ3) is 7.06. The fraction of sp³-hybridized carbons (Fsp3) is 0.250. The molecule has 10 heteroatoms. The van der Waals surface area contributed by atoms with Crippen molar-refractivity contribution in [3.8, 4) is 5.75 Å². The molecule has 1 heterocycles. The molecule has 1 unspecified atom stereocenters. The number of benzene rings is 2. The molecule has 0 aliphatic rings. The smallest absolute Gasteiger partial charge is 0.328 e. The van der Waals surface area contributed by atoms with Crippen LogP contribution in [0.25, 0.3) is 0 Å². The number of pyridine rings is 1. The van der Waals surface area contributed by atoms with Crippen LogP contribution in [0, 0.1) is 11.6 Å². The lowest BCUT2D eigenvalue weighted by Gasteiger charge is -2.26. The molecule has 2 aromatic carbocycles. The number of ether oxygens (including phenoxy) is 2. The zero-order valence-electron chi connectivity index (χ0n) is 20.9. The first-order valence-electron chi connectivity index (χ1n) is 11.7. The molecular weight excluding hydrogens is 498 g/mol. The van der Waals surface area contributed by atoms with Crippen molar-refractivity contribution in [1.82, 2.24) is 10.3 Å². The van der Waals surface area contributed by atoms with E-state index in [4.69, 9.17) is 9.47 Å². The van der Waals surface area contributed by atoms with Crippen LogP contribution in [-0.2, 0) is 25.5 Å². The van der Waals surface area contributed by atoms with E-state index in [1.165, 1.54) is 43.5 Å². The Kier molecular flexibility index (Phi) is 9.37. The Balaban J connectivity index is 1.79. The molecule has 0 saturated heterocycles. The number of rotatable bonds is 10. The van der Waals surface area contributed by atoms with Crippen molar-refractivity contribution in [2.24, 2.45) is 0 Å². The van der Waals surface area contributed by atoms with Gasteiger partial charge in [-0.3, -0.25) is 9.59 Å². The lowest BCUT2D eigenvalue weighted by atomic mass is 9.87. The second-order valence-corrected chi connectivity index (χ2v) is 8.53. The molecule has 0 aliphatic heterocycles. The van der Waals surface area contributed by atoms with E-state index in [1.807, 2.05) is 0 Å². The van der Waals surface area contributed by atoms with Gasteiger partial charge in [0.25, 0.3) is 5.91 Å². The topological polar surface area (TPSA) is 112 Å². The normalized spacial score (nSPS) is 12.4. The van der Waals surface area contributed by atoms with Crippen LogP contribution in [0.5, 0.6) is 5.75 Å². The van der Waals surface area contributed by atoms with Crippen LogP contribution < -0.4 is 10.1 Å². The molecule has 0 spiro atoms. The van der Waals surface area contributed by atoms with Crippen molar-refractivity contribution in [2.75, 3.05) is 0 Å². The van der Waals surface area contributed by atoms with Crippen molar-refractivity contribution < 1.29 is 37.4 Å². The minimum Gasteiger partial charge on any atom is -0.460 e. The van der Waals surface area contributed by atoms with Gasteiger partial charge in [-0.2, -0.15) is 0 Å². The van der Waals surface area contributed by atoms with Crippen LogP contribution in [0.1, 0.15) is 53.9 Å². The first kappa shape index (κ1) is 28.1. The number of hydrogen-bond donors (Lipinski definition) is 1. The number of nitrogens with one attached hydrogen (secondary N) is 1. The first-order valence-corrected chi connectivity index (χ1v) is 11.7. The number of carbonyl (C=O) groups excluding carboxylic acids is 4. The summed E-state index contributed by atoms with van der Waals surface area (Å²) in [6, 6.07) is 11.6. The van der Waals surface area contributed by atoms with Crippen molar-refractivity contribution in [3.63, 3.8) is 0 Å². The summed E-state index contributed by atoms with van der Waals surface area (Å²) in [6.45, 7) is 4.17. The lowest BCUT2D eigenvalue weighted by molar-refractivity contribution is -0.150. The molecule has 3 aromatic rings. The average molecular weight is 525 g/mol. The highest BCUT2D eigenvalue weighted by Crippen LogP contribution is 2.30. The molecule has 8 nitrogen and oxygen atoms in total. The molecule has 1 aromatic heterocycles. The number of carbonyl (C=O) groups is 4. The van der Waals surface area contributed by atoms with Gasteiger partial charge in [0.05, 0.1) is 0 Å². The predicted molar refractivity (Wildman–Crippen MR) is 132 cm³/mol. The largest absolute Gasteiger partial charge is 0.460 e. The SMILES string of the molecule is CC(=O)Oc1c(CC=O)ccnc1C(=O)N[C@@H](C)C(=O)OC(C)C(c1ccc(F)cc1)c1ccc(F)cc1. The van der Waals surface area contributed by atoms with E-state index in [1.54, 1.807) is 31.2 Å². The van der Waals surface area contributed by atoms with Gasteiger partial charge in [0.2, 0.25) is 0 Å². The molecule has 0 fully saturated rings. The number of aromatic nitrogens is 1. The lowest BCUT2D eigenvalue weighted by Crippen LogP contribution is -2.41. The van der Waals surface area contributed by atoms with E-state index in [-0.39, 0.29) is 23.4 Å². The van der Waals surface area contributed by atoms with E-state index >= 15 is 0 Å². The zero-order valence-corrected chi connectivity index (χ0v) is 20.9. The van der Waals surface area contributed by atoms with Gasteiger partial charge in [0, 0.05) is 31.0 Å². The molecule has 2 atom stereocenters. The molecule has 38 heavy (non-hydrogen) atoms. The van der Waals surface area contributed by atoms with Crippen LogP contribution in [0.2, 0.25) is 0 Å². The monoisotopic (exact) mass is 524 g/mol. The van der Waals surface area contributed by atoms with Gasteiger partial charge in [-0.15, -0.1) is 0 Å². The summed E-state index contributed by atoms with van der Waals surface area (Å²) in [5, 5.41) is 2.46. The Hall–Kier alpha value is -4.47. The fourth-order valence-corrected chi connectivity index (χ4v) is 3.91. The Morgan fingerprint density at radius 1 is 0.947 bits per heavy atom. The number of aldehydes is 1. The highest BCUT2D eigenvalue weighted by Gasteiger charge is 2.29. The third-order valence-corrected chi connectivity index (χ3v) is 5.68. The summed E-state index contributed by atoms with van der Waals surface area (Å²) >= 11 is 0. The highest BCUT2D eigenvalue weighted by atomic mass is 19.1. The Bertz CT molecular complexity index is 1270. The summed E-state index contributed by atoms with van der Waals surface area (Å²) < 4.78 is 37.8. The molecule has 3 rings (SSSR count). The Morgan fingerprint density at radius 3 is 2.00 bits per heavy atom. The molecule has 1 amide bonds. The van der Waals surface area contributed by atoms with E-state index in [9.17, 15) is 28.0 Å². The van der Waals surface area contributed by atoms with Crippen molar-refractivity contribution >= 4 is 24.1 Å². The number of esters is 2. The van der Waals surface area contributed by atoms with Crippen molar-refractivity contribution in [3.05, 3.63) is 94.8 Å². The maximum Gasteiger partial charge on any atom is 0.328 e. The molecule has 0 saturated carbocycles. The van der Waals surface area contributed by atoms with Crippen LogP contribution >= 0.6 is 0 Å². The standard InChI is InChI=1S/C28H26F2N2O6/c1-16(32-27(35)25-26(38-18(3)34)21(13-15-33)12-14-31-25)28(36)37-17(2)24(19-4-8-22(29)9-5-19)20-6-10-23(30)11-7-20/h4-12,14-17,24H,13H2,1-3H3,(H,32,35)/t16-,17?/m0/s1. The van der Waals surface area contributed by atoms with Crippen LogP contribution in [0.4, 0.5) is 8.78 Å². The van der Waals surface area contributed by atoms with Crippen LogP contribution in [0.15, 0.2) is 60.8 Å². The minimum absolute atomic E-state index is 0.116. The van der Waals surface area contributed by atoms with Crippen LogP contribution in [0.3, 0.4) is 0 Å². The summed E-state index contributed by atoms with van der Waals surface area (Å²) in [6.07, 6.45) is 0.962. The molecule has 0 aliphatic carbocycles. The third-order valence-electron chi connectivity index (χ3n) is 5.68. The minimum atomic E-state index is -1.14. The maximum atomic E-state index is 13.5. The second-order valence-electron chi connectivity index (χ2n) is 8.53. The number of nitrogens with zero attached hydrogens (tertiary/aromatic N) is 1. The Labute approximate surface area is 218 Å².